The minimum Gasteiger partial charge on any atom is -0.337 e. The normalized spacial score (nSPS) is 19.5. The number of carbonyl (C=O) groups is 1. The smallest absolute Gasteiger partial charge is 0.246 e. The highest BCUT2D eigenvalue weighted by Crippen LogP contribution is 2.35. The molecule has 0 aliphatic carbocycles. The van der Waals surface area contributed by atoms with Crippen LogP contribution < -0.4 is 0 Å². The number of amides is 1. The molecule has 3 heterocycles. The van der Waals surface area contributed by atoms with Gasteiger partial charge in [-0.3, -0.25) is 9.69 Å². The lowest BCUT2D eigenvalue weighted by Gasteiger charge is -2.35. The maximum atomic E-state index is 12.5. The van der Waals surface area contributed by atoms with Gasteiger partial charge in [-0.25, -0.2) is 0 Å². The number of hydrogen-bond acceptors (Lipinski definition) is 4. The van der Waals surface area contributed by atoms with E-state index in [-0.39, 0.29) is 5.91 Å². The topological polar surface area (TPSA) is 26.8 Å². The second kappa shape index (κ2) is 8.74. The lowest BCUT2D eigenvalue weighted by atomic mass is 10.2. The molecule has 1 aromatic heterocycles. The molecule has 27 heavy (non-hydrogen) atoms. The van der Waals surface area contributed by atoms with Gasteiger partial charge in [-0.15, -0.1) is 11.3 Å². The second-order valence-electron chi connectivity index (χ2n) is 7.33. The number of benzene rings is 1. The Morgan fingerprint density at radius 1 is 1.00 bits per heavy atom. The number of thiophene rings is 1. The van der Waals surface area contributed by atoms with E-state index in [4.69, 9.17) is 11.6 Å². The number of likely N-dealkylation sites (tertiary alicyclic amines) is 1. The molecular formula is C21H26ClN3OS. The Morgan fingerprint density at radius 3 is 2.37 bits per heavy atom. The first-order chi connectivity index (χ1) is 13.2. The lowest BCUT2D eigenvalue weighted by Crippen LogP contribution is -2.49. The molecule has 4 nitrogen and oxygen atoms in total. The van der Waals surface area contributed by atoms with Crippen LogP contribution in [0.2, 0.25) is 5.02 Å². The van der Waals surface area contributed by atoms with Crippen molar-refractivity contribution in [3.8, 4) is 0 Å². The Bertz CT molecular complexity index is 820. The summed E-state index contributed by atoms with van der Waals surface area (Å²) < 4.78 is 1.15. The second-order valence-corrected chi connectivity index (χ2v) is 8.79. The zero-order chi connectivity index (χ0) is 18.6. The molecule has 2 aliphatic heterocycles. The summed E-state index contributed by atoms with van der Waals surface area (Å²) in [5.41, 5.74) is 0. The van der Waals surface area contributed by atoms with E-state index in [0.29, 0.717) is 0 Å². The summed E-state index contributed by atoms with van der Waals surface area (Å²) in [6.07, 6.45) is 6.24. The molecule has 2 aromatic rings. The highest BCUT2D eigenvalue weighted by Gasteiger charge is 2.20. The number of halogens is 1. The lowest BCUT2D eigenvalue weighted by molar-refractivity contribution is -0.127. The molecule has 2 aliphatic rings. The summed E-state index contributed by atoms with van der Waals surface area (Å²) in [6.45, 7) is 8.35. The van der Waals surface area contributed by atoms with Gasteiger partial charge in [-0.2, -0.15) is 0 Å². The first kappa shape index (κ1) is 18.9. The number of carbonyl (C=O) groups excluding carboxylic acids is 1. The molecule has 144 valence electrons. The first-order valence-electron chi connectivity index (χ1n) is 9.79. The number of rotatable bonds is 5. The third-order valence-electron chi connectivity index (χ3n) is 5.55. The van der Waals surface area contributed by atoms with Crippen LogP contribution in [0.15, 0.2) is 30.3 Å². The summed E-state index contributed by atoms with van der Waals surface area (Å²) in [4.78, 5) is 20.5. The van der Waals surface area contributed by atoms with Crippen molar-refractivity contribution in [2.75, 3.05) is 52.4 Å². The molecular weight excluding hydrogens is 378 g/mol. The Morgan fingerprint density at radius 2 is 1.67 bits per heavy atom. The van der Waals surface area contributed by atoms with Crippen molar-refractivity contribution in [2.45, 2.75) is 12.8 Å². The summed E-state index contributed by atoms with van der Waals surface area (Å²) in [5.74, 6) is 0.0858. The van der Waals surface area contributed by atoms with Gasteiger partial charge in [-0.1, -0.05) is 29.8 Å². The van der Waals surface area contributed by atoms with Crippen LogP contribution in [0.3, 0.4) is 0 Å². The molecule has 2 saturated heterocycles. The van der Waals surface area contributed by atoms with Crippen molar-refractivity contribution >= 4 is 45.0 Å². The number of piperazine rings is 1. The molecule has 1 amide bonds. The minimum atomic E-state index is 0.0858. The SMILES string of the molecule is O=C(/C=C/c1sc2ccccc2c1Cl)N1CCN(CCN2CCCC2)CC1. The third-order valence-corrected chi connectivity index (χ3v) is 7.21. The summed E-state index contributed by atoms with van der Waals surface area (Å²) in [5, 5.41) is 1.80. The van der Waals surface area contributed by atoms with Gasteiger partial charge in [0.2, 0.25) is 5.91 Å². The van der Waals surface area contributed by atoms with Gasteiger partial charge in [0.05, 0.1) is 5.02 Å². The summed E-state index contributed by atoms with van der Waals surface area (Å²) in [7, 11) is 0. The van der Waals surface area contributed by atoms with E-state index >= 15 is 0 Å². The van der Waals surface area contributed by atoms with Crippen LogP contribution in [0.5, 0.6) is 0 Å². The minimum absolute atomic E-state index is 0.0858. The monoisotopic (exact) mass is 403 g/mol. The molecule has 0 atom stereocenters. The van der Waals surface area contributed by atoms with Crippen molar-refractivity contribution in [2.24, 2.45) is 0 Å². The van der Waals surface area contributed by atoms with Gasteiger partial charge in [0, 0.05) is 60.3 Å². The Kier molecular flexibility index (Phi) is 6.13. The Balaban J connectivity index is 1.28. The van der Waals surface area contributed by atoms with Gasteiger partial charge in [0.1, 0.15) is 0 Å². The van der Waals surface area contributed by atoms with Gasteiger partial charge in [-0.05, 0) is 38.1 Å². The van der Waals surface area contributed by atoms with Crippen molar-refractivity contribution in [3.05, 3.63) is 40.2 Å². The molecule has 0 saturated carbocycles. The number of nitrogens with zero attached hydrogens (tertiary/aromatic N) is 3. The first-order valence-corrected chi connectivity index (χ1v) is 11.0. The van der Waals surface area contributed by atoms with Crippen molar-refractivity contribution < 1.29 is 4.79 Å². The van der Waals surface area contributed by atoms with Gasteiger partial charge < -0.3 is 9.80 Å². The average Bonchev–Trinajstić information content (AvgIpc) is 3.33. The van der Waals surface area contributed by atoms with Gasteiger partial charge >= 0.3 is 0 Å². The molecule has 1 aromatic carbocycles. The largest absolute Gasteiger partial charge is 0.337 e. The average molecular weight is 404 g/mol. The quantitative estimate of drug-likeness (QED) is 0.710. The van der Waals surface area contributed by atoms with Crippen LogP contribution in [0.25, 0.3) is 16.2 Å². The fraction of sp³-hybridized carbons (Fsp3) is 0.476. The van der Waals surface area contributed by atoms with Crippen LogP contribution in [0.1, 0.15) is 17.7 Å². The predicted molar refractivity (Wildman–Crippen MR) is 115 cm³/mol. The van der Waals surface area contributed by atoms with E-state index in [2.05, 4.69) is 15.9 Å². The van der Waals surface area contributed by atoms with E-state index < -0.39 is 0 Å². The van der Waals surface area contributed by atoms with Crippen LogP contribution in [-0.2, 0) is 4.79 Å². The highest BCUT2D eigenvalue weighted by atomic mass is 35.5. The summed E-state index contributed by atoms with van der Waals surface area (Å²) in [6, 6.07) is 8.08. The molecule has 0 spiro atoms. The zero-order valence-electron chi connectivity index (χ0n) is 15.6. The Hall–Kier alpha value is -1.40. The predicted octanol–water partition coefficient (Wildman–Crippen LogP) is 3.81. The Labute approximate surface area is 170 Å². The zero-order valence-corrected chi connectivity index (χ0v) is 17.1. The van der Waals surface area contributed by atoms with Crippen LogP contribution in [-0.4, -0.2) is 73.0 Å². The molecule has 6 heteroatoms. The van der Waals surface area contributed by atoms with E-state index in [1.54, 1.807) is 17.4 Å². The van der Waals surface area contributed by atoms with Gasteiger partial charge in [0.15, 0.2) is 0 Å². The van der Waals surface area contributed by atoms with Crippen LogP contribution in [0, 0.1) is 0 Å². The van der Waals surface area contributed by atoms with E-state index in [0.717, 1.165) is 59.3 Å². The van der Waals surface area contributed by atoms with Crippen molar-refractivity contribution in [1.82, 2.24) is 14.7 Å². The molecule has 4 rings (SSSR count). The van der Waals surface area contributed by atoms with Crippen molar-refractivity contribution in [3.63, 3.8) is 0 Å². The molecule has 2 fully saturated rings. The molecule has 0 N–H and O–H groups in total. The fourth-order valence-electron chi connectivity index (χ4n) is 3.87. The van der Waals surface area contributed by atoms with Crippen molar-refractivity contribution in [1.29, 1.82) is 0 Å². The highest BCUT2D eigenvalue weighted by molar-refractivity contribution is 7.20. The molecule has 0 bridgehead atoms. The molecule has 0 radical (unpaired) electrons. The van der Waals surface area contributed by atoms with E-state index in [9.17, 15) is 4.79 Å². The van der Waals surface area contributed by atoms with E-state index in [1.165, 1.54) is 25.9 Å². The maximum Gasteiger partial charge on any atom is 0.246 e. The molecule has 0 unspecified atom stereocenters. The maximum absolute atomic E-state index is 12.5. The standard InChI is InChI=1S/C21H26ClN3OS/c22-21-17-5-1-2-6-18(17)27-19(21)7-8-20(26)25-15-13-24(14-16-25)12-11-23-9-3-4-10-23/h1-2,5-8H,3-4,9-16H2/b8-7+. The third kappa shape index (κ3) is 4.54. The van der Waals surface area contributed by atoms with Crippen LogP contribution >= 0.6 is 22.9 Å². The fourth-order valence-corrected chi connectivity index (χ4v) is 5.27. The van der Waals surface area contributed by atoms with Gasteiger partial charge in [0.25, 0.3) is 0 Å². The number of fused-ring (bicyclic) bond motifs is 1. The number of hydrogen-bond donors (Lipinski definition) is 0. The van der Waals surface area contributed by atoms with Crippen LogP contribution in [0.4, 0.5) is 0 Å². The van der Waals surface area contributed by atoms with E-state index in [1.807, 2.05) is 29.2 Å². The summed E-state index contributed by atoms with van der Waals surface area (Å²) >= 11 is 8.09.